The van der Waals surface area contributed by atoms with Crippen LogP contribution in [0.2, 0.25) is 5.02 Å². The molecule has 2 aromatic carbocycles. The fourth-order valence-electron chi connectivity index (χ4n) is 2.22. The number of rotatable bonds is 4. The average Bonchev–Trinajstić information content (AvgIpc) is 2.56. The van der Waals surface area contributed by atoms with Crippen molar-refractivity contribution in [1.29, 1.82) is 0 Å². The number of ether oxygens (including phenoxy) is 1. The van der Waals surface area contributed by atoms with Gasteiger partial charge in [-0.3, -0.25) is 9.71 Å². The molecule has 0 saturated heterocycles. The molecule has 0 saturated carbocycles. The smallest absolute Gasteiger partial charge is 0.265 e. The molecule has 0 aliphatic heterocycles. The molecule has 124 valence electrons. The lowest BCUT2D eigenvalue weighted by Gasteiger charge is -2.13. The summed E-state index contributed by atoms with van der Waals surface area (Å²) in [6.07, 6.45) is 1.47. The van der Waals surface area contributed by atoms with Crippen LogP contribution in [0.15, 0.2) is 58.0 Å². The number of benzene rings is 2. The lowest BCUT2D eigenvalue weighted by atomic mass is 10.2. The van der Waals surface area contributed by atoms with E-state index >= 15 is 0 Å². The number of para-hydroxylation sites is 1. The van der Waals surface area contributed by atoms with Gasteiger partial charge >= 0.3 is 0 Å². The summed E-state index contributed by atoms with van der Waals surface area (Å²) in [5, 5.41) is 1.19. The summed E-state index contributed by atoms with van der Waals surface area (Å²) >= 11 is 9.22. The first-order chi connectivity index (χ1) is 11.4. The van der Waals surface area contributed by atoms with Crippen molar-refractivity contribution in [3.63, 3.8) is 0 Å². The highest BCUT2D eigenvalue weighted by molar-refractivity contribution is 9.10. The molecule has 1 heterocycles. The second-order valence-corrected chi connectivity index (χ2v) is 7.85. The highest BCUT2D eigenvalue weighted by Gasteiger charge is 2.22. The number of hydrogen-bond acceptors (Lipinski definition) is 4. The van der Waals surface area contributed by atoms with Gasteiger partial charge in [-0.05, 0) is 34.1 Å². The Kier molecular flexibility index (Phi) is 4.67. The highest BCUT2D eigenvalue weighted by atomic mass is 79.9. The van der Waals surface area contributed by atoms with E-state index in [2.05, 4.69) is 25.6 Å². The largest absolute Gasteiger partial charge is 0.495 e. The Morgan fingerprint density at radius 1 is 1.21 bits per heavy atom. The Labute approximate surface area is 152 Å². The quantitative estimate of drug-likeness (QED) is 0.667. The van der Waals surface area contributed by atoms with Crippen molar-refractivity contribution in [1.82, 2.24) is 4.98 Å². The fourth-order valence-corrected chi connectivity index (χ4v) is 4.08. The minimum Gasteiger partial charge on any atom is -0.495 e. The predicted molar refractivity (Wildman–Crippen MR) is 98.3 cm³/mol. The van der Waals surface area contributed by atoms with Crippen LogP contribution >= 0.6 is 27.5 Å². The third-order valence-corrected chi connectivity index (χ3v) is 5.94. The predicted octanol–water partition coefficient (Wildman–Crippen LogP) is 4.46. The van der Waals surface area contributed by atoms with Crippen molar-refractivity contribution < 1.29 is 13.2 Å². The van der Waals surface area contributed by atoms with Crippen molar-refractivity contribution in [3.8, 4) is 5.75 Å². The number of halogens is 2. The van der Waals surface area contributed by atoms with E-state index in [-0.39, 0.29) is 10.6 Å². The average molecular weight is 428 g/mol. The molecular formula is C16H12BrClN2O3S. The van der Waals surface area contributed by atoms with Gasteiger partial charge in [0.2, 0.25) is 0 Å². The van der Waals surface area contributed by atoms with Gasteiger partial charge in [0.15, 0.2) is 0 Å². The number of pyridine rings is 1. The minimum atomic E-state index is -3.87. The number of methoxy groups -OCH3 is 1. The summed E-state index contributed by atoms with van der Waals surface area (Å²) in [5.41, 5.74) is 1.15. The number of aromatic nitrogens is 1. The molecule has 0 amide bonds. The van der Waals surface area contributed by atoms with Crippen LogP contribution in [-0.2, 0) is 10.0 Å². The standard InChI is InChI=1S/C16H12BrClN2O3S/c1-23-15-8-13(18)12(17)7-16(15)24(21,22)20-11-6-10-4-2-3-5-14(10)19-9-11/h2-9,20H,1H3. The Balaban J connectivity index is 2.03. The zero-order chi connectivity index (χ0) is 17.3. The third kappa shape index (κ3) is 3.33. The zero-order valence-electron chi connectivity index (χ0n) is 12.5. The second-order valence-electron chi connectivity index (χ2n) is 4.94. The fraction of sp³-hybridized carbons (Fsp3) is 0.0625. The molecular weight excluding hydrogens is 416 g/mol. The van der Waals surface area contributed by atoms with Crippen LogP contribution in [0.1, 0.15) is 0 Å². The van der Waals surface area contributed by atoms with Gasteiger partial charge in [-0.25, -0.2) is 8.42 Å². The zero-order valence-corrected chi connectivity index (χ0v) is 15.6. The van der Waals surface area contributed by atoms with Crippen LogP contribution in [-0.4, -0.2) is 20.5 Å². The Morgan fingerprint density at radius 2 is 1.96 bits per heavy atom. The van der Waals surface area contributed by atoms with Gasteiger partial charge in [-0.1, -0.05) is 29.8 Å². The number of nitrogens with zero attached hydrogens (tertiary/aromatic N) is 1. The van der Waals surface area contributed by atoms with Crippen molar-refractivity contribution >= 4 is 54.1 Å². The first-order valence-corrected chi connectivity index (χ1v) is 9.47. The van der Waals surface area contributed by atoms with Gasteiger partial charge in [0.1, 0.15) is 10.6 Å². The van der Waals surface area contributed by atoms with Crippen LogP contribution in [0.25, 0.3) is 10.9 Å². The van der Waals surface area contributed by atoms with Crippen LogP contribution in [0.3, 0.4) is 0 Å². The number of fused-ring (bicyclic) bond motifs is 1. The molecule has 0 unspecified atom stereocenters. The lowest BCUT2D eigenvalue weighted by molar-refractivity contribution is 0.403. The molecule has 24 heavy (non-hydrogen) atoms. The van der Waals surface area contributed by atoms with Gasteiger partial charge in [0.25, 0.3) is 10.0 Å². The molecule has 0 bridgehead atoms. The van der Waals surface area contributed by atoms with E-state index in [4.69, 9.17) is 16.3 Å². The molecule has 0 radical (unpaired) electrons. The van der Waals surface area contributed by atoms with E-state index in [9.17, 15) is 8.42 Å². The minimum absolute atomic E-state index is 0.0190. The number of anilines is 1. The summed E-state index contributed by atoms with van der Waals surface area (Å²) in [4.78, 5) is 4.23. The molecule has 3 aromatic rings. The van der Waals surface area contributed by atoms with E-state index in [1.807, 2.05) is 24.3 Å². The molecule has 0 spiro atoms. The number of sulfonamides is 1. The molecule has 0 aliphatic rings. The van der Waals surface area contributed by atoms with Gasteiger partial charge in [0.05, 0.1) is 29.5 Å². The summed E-state index contributed by atoms with van der Waals surface area (Å²) < 4.78 is 33.5. The topological polar surface area (TPSA) is 68.3 Å². The maximum absolute atomic E-state index is 12.7. The van der Waals surface area contributed by atoms with Gasteiger partial charge in [-0.15, -0.1) is 0 Å². The summed E-state index contributed by atoms with van der Waals surface area (Å²) in [7, 11) is -2.48. The number of hydrogen-bond donors (Lipinski definition) is 1. The molecule has 5 nitrogen and oxygen atoms in total. The van der Waals surface area contributed by atoms with E-state index in [0.717, 1.165) is 10.9 Å². The molecule has 0 aliphatic carbocycles. The Bertz CT molecular complexity index is 1030. The van der Waals surface area contributed by atoms with Crippen LogP contribution < -0.4 is 9.46 Å². The molecule has 0 atom stereocenters. The molecule has 8 heteroatoms. The van der Waals surface area contributed by atoms with Crippen molar-refractivity contribution in [2.45, 2.75) is 4.90 Å². The molecule has 0 fully saturated rings. The SMILES string of the molecule is COc1cc(Cl)c(Br)cc1S(=O)(=O)Nc1cnc2ccccc2c1. The van der Waals surface area contributed by atoms with Crippen molar-refractivity contribution in [3.05, 3.63) is 58.2 Å². The van der Waals surface area contributed by atoms with E-state index in [1.165, 1.54) is 25.4 Å². The summed E-state index contributed by atoms with van der Waals surface area (Å²) in [6.45, 7) is 0. The summed E-state index contributed by atoms with van der Waals surface area (Å²) in [5.74, 6) is 0.157. The van der Waals surface area contributed by atoms with Gasteiger partial charge in [0, 0.05) is 15.9 Å². The van der Waals surface area contributed by atoms with Crippen LogP contribution in [0, 0.1) is 0 Å². The highest BCUT2D eigenvalue weighted by Crippen LogP contribution is 2.34. The van der Waals surface area contributed by atoms with Crippen molar-refractivity contribution in [2.75, 3.05) is 11.8 Å². The Morgan fingerprint density at radius 3 is 2.71 bits per heavy atom. The number of nitrogens with one attached hydrogen (secondary N) is 1. The van der Waals surface area contributed by atoms with E-state index < -0.39 is 10.0 Å². The lowest BCUT2D eigenvalue weighted by Crippen LogP contribution is -2.14. The first kappa shape index (κ1) is 17.0. The molecule has 3 rings (SSSR count). The Hall–Kier alpha value is -1.83. The second kappa shape index (κ2) is 6.58. The van der Waals surface area contributed by atoms with E-state index in [1.54, 1.807) is 6.07 Å². The molecule has 1 N–H and O–H groups in total. The summed E-state index contributed by atoms with van der Waals surface area (Å²) in [6, 6.07) is 12.0. The maximum Gasteiger partial charge on any atom is 0.265 e. The van der Waals surface area contributed by atoms with Crippen molar-refractivity contribution in [2.24, 2.45) is 0 Å². The van der Waals surface area contributed by atoms with Crippen LogP contribution in [0.4, 0.5) is 5.69 Å². The first-order valence-electron chi connectivity index (χ1n) is 6.81. The van der Waals surface area contributed by atoms with Crippen LogP contribution in [0.5, 0.6) is 5.75 Å². The molecule has 1 aromatic heterocycles. The normalized spacial score (nSPS) is 11.5. The van der Waals surface area contributed by atoms with E-state index in [0.29, 0.717) is 15.2 Å². The third-order valence-electron chi connectivity index (χ3n) is 3.34. The van der Waals surface area contributed by atoms with Gasteiger partial charge < -0.3 is 4.74 Å². The maximum atomic E-state index is 12.7. The monoisotopic (exact) mass is 426 g/mol. The van der Waals surface area contributed by atoms with Gasteiger partial charge in [-0.2, -0.15) is 0 Å².